The monoisotopic (exact) mass is 591 g/mol. The molecular weight excluding hydrogens is 562 g/mol. The first-order valence-corrected chi connectivity index (χ1v) is 14.5. The van der Waals surface area contributed by atoms with Crippen molar-refractivity contribution in [1.29, 1.82) is 0 Å². The summed E-state index contributed by atoms with van der Waals surface area (Å²) in [5.74, 6) is 1.47. The Morgan fingerprint density at radius 1 is 0.842 bits per heavy atom. The third kappa shape index (κ3) is 5.33. The van der Waals surface area contributed by atoms with E-state index in [2.05, 4.69) is 89.8 Å². The molecule has 3 heterocycles. The van der Waals surface area contributed by atoms with Crippen LogP contribution in [0.25, 0.3) is 16.7 Å². The Labute approximate surface area is 236 Å². The van der Waals surface area contributed by atoms with Crippen LogP contribution in [-0.2, 0) is 11.3 Å². The first-order chi connectivity index (χ1) is 18.5. The summed E-state index contributed by atoms with van der Waals surface area (Å²) in [5.41, 5.74) is 4.41. The molecule has 6 nitrogen and oxygen atoms in total. The van der Waals surface area contributed by atoms with Gasteiger partial charge in [0.25, 0.3) is 0 Å². The Kier molecular flexibility index (Phi) is 7.41. The number of nitrogens with zero attached hydrogens (tertiary/aromatic N) is 5. The summed E-state index contributed by atoms with van der Waals surface area (Å²) in [5, 5.41) is 0.750. The van der Waals surface area contributed by atoms with Crippen LogP contribution < -0.4 is 4.90 Å². The van der Waals surface area contributed by atoms with Gasteiger partial charge in [-0.15, -0.1) is 0 Å². The van der Waals surface area contributed by atoms with E-state index in [0.29, 0.717) is 5.91 Å². The van der Waals surface area contributed by atoms with Gasteiger partial charge >= 0.3 is 0 Å². The van der Waals surface area contributed by atoms with Crippen molar-refractivity contribution >= 4 is 50.2 Å². The minimum Gasteiger partial charge on any atom is -0.368 e. The SMILES string of the molecule is O=C(C1CCN(Cc2nc3ccccc3n2-c2ccc(Br)cc2)CC1)N1CCN(c2ccc(Cl)cc2)CC1. The molecule has 0 bridgehead atoms. The lowest BCUT2D eigenvalue weighted by Gasteiger charge is -2.39. The maximum absolute atomic E-state index is 13.3. The zero-order chi connectivity index (χ0) is 26.1. The normalized spacial score (nSPS) is 17.3. The Morgan fingerprint density at radius 3 is 2.21 bits per heavy atom. The molecule has 8 heteroatoms. The second-order valence-electron chi connectivity index (χ2n) is 10.2. The van der Waals surface area contributed by atoms with Crippen LogP contribution in [0.1, 0.15) is 18.7 Å². The lowest BCUT2D eigenvalue weighted by atomic mass is 9.95. The number of imidazole rings is 1. The predicted octanol–water partition coefficient (Wildman–Crippen LogP) is 6.00. The number of hydrogen-bond donors (Lipinski definition) is 0. The van der Waals surface area contributed by atoms with Crippen molar-refractivity contribution in [1.82, 2.24) is 19.4 Å². The van der Waals surface area contributed by atoms with E-state index in [1.54, 1.807) is 0 Å². The standard InChI is InChI=1S/C30H31BrClN5O/c31-23-5-9-26(10-6-23)37-28-4-2-1-3-27(28)33-29(37)21-34-15-13-22(14-16-34)30(38)36-19-17-35(18-20-36)25-11-7-24(32)8-12-25/h1-12,22H,13-21H2. The molecule has 0 saturated carbocycles. The number of rotatable bonds is 5. The van der Waals surface area contributed by atoms with Crippen molar-refractivity contribution in [2.45, 2.75) is 19.4 Å². The average molecular weight is 593 g/mol. The Hall–Kier alpha value is -2.87. The summed E-state index contributed by atoms with van der Waals surface area (Å²) in [6.07, 6.45) is 1.80. The molecule has 3 aromatic carbocycles. The molecule has 2 saturated heterocycles. The van der Waals surface area contributed by atoms with Crippen molar-refractivity contribution in [3.8, 4) is 5.69 Å². The summed E-state index contributed by atoms with van der Waals surface area (Å²) < 4.78 is 3.32. The molecule has 0 spiro atoms. The minimum atomic E-state index is 0.110. The van der Waals surface area contributed by atoms with Gasteiger partial charge in [0.15, 0.2) is 0 Å². The van der Waals surface area contributed by atoms with Crippen LogP contribution in [0, 0.1) is 5.92 Å². The molecule has 2 fully saturated rings. The number of para-hydroxylation sites is 2. The lowest BCUT2D eigenvalue weighted by Crippen LogP contribution is -2.51. The zero-order valence-corrected chi connectivity index (χ0v) is 23.6. The summed E-state index contributed by atoms with van der Waals surface area (Å²) in [7, 11) is 0. The molecule has 1 amide bonds. The predicted molar refractivity (Wildman–Crippen MR) is 157 cm³/mol. The zero-order valence-electron chi connectivity index (χ0n) is 21.3. The van der Waals surface area contributed by atoms with Crippen LogP contribution in [0.5, 0.6) is 0 Å². The number of benzene rings is 3. The van der Waals surface area contributed by atoms with E-state index < -0.39 is 0 Å². The number of piperidine rings is 1. The van der Waals surface area contributed by atoms with Gasteiger partial charge in [-0.25, -0.2) is 4.98 Å². The molecule has 38 heavy (non-hydrogen) atoms. The Balaban J connectivity index is 1.07. The average Bonchev–Trinajstić information content (AvgIpc) is 3.32. The smallest absolute Gasteiger partial charge is 0.225 e. The molecule has 6 rings (SSSR count). The number of amides is 1. The highest BCUT2D eigenvalue weighted by Crippen LogP contribution is 2.27. The maximum Gasteiger partial charge on any atom is 0.225 e. The first kappa shape index (κ1) is 25.4. The maximum atomic E-state index is 13.3. The molecular formula is C30H31BrClN5O. The second kappa shape index (κ2) is 11.1. The van der Waals surface area contributed by atoms with Crippen LogP contribution in [0.15, 0.2) is 77.3 Å². The summed E-state index contributed by atoms with van der Waals surface area (Å²) in [4.78, 5) is 25.2. The summed E-state index contributed by atoms with van der Waals surface area (Å²) in [6.45, 7) is 5.86. The Morgan fingerprint density at radius 2 is 1.50 bits per heavy atom. The van der Waals surface area contributed by atoms with Gasteiger partial charge in [0.1, 0.15) is 5.82 Å². The fourth-order valence-electron chi connectivity index (χ4n) is 5.69. The number of anilines is 1. The highest BCUT2D eigenvalue weighted by Gasteiger charge is 2.31. The number of aromatic nitrogens is 2. The molecule has 0 aliphatic carbocycles. The Bertz CT molecular complexity index is 1410. The number of piperazine rings is 1. The van der Waals surface area contributed by atoms with Crippen molar-refractivity contribution in [2.24, 2.45) is 5.92 Å². The van der Waals surface area contributed by atoms with E-state index in [9.17, 15) is 4.79 Å². The van der Waals surface area contributed by atoms with Gasteiger partial charge in [-0.2, -0.15) is 0 Å². The van der Waals surface area contributed by atoms with Crippen LogP contribution >= 0.6 is 27.5 Å². The van der Waals surface area contributed by atoms with Gasteiger partial charge in [0.2, 0.25) is 5.91 Å². The van der Waals surface area contributed by atoms with E-state index in [-0.39, 0.29) is 5.92 Å². The molecule has 0 N–H and O–H groups in total. The third-order valence-corrected chi connectivity index (χ3v) is 8.58. The molecule has 2 aliphatic rings. The van der Waals surface area contributed by atoms with Crippen LogP contribution in [0.2, 0.25) is 5.02 Å². The molecule has 2 aliphatic heterocycles. The molecule has 0 radical (unpaired) electrons. The molecule has 0 unspecified atom stereocenters. The van der Waals surface area contributed by atoms with Crippen LogP contribution in [-0.4, -0.2) is 64.5 Å². The summed E-state index contributed by atoms with van der Waals surface area (Å²) in [6, 6.07) is 24.7. The van der Waals surface area contributed by atoms with Crippen LogP contribution in [0.3, 0.4) is 0 Å². The van der Waals surface area contributed by atoms with Crippen LogP contribution in [0.4, 0.5) is 5.69 Å². The number of hydrogen-bond acceptors (Lipinski definition) is 4. The largest absolute Gasteiger partial charge is 0.368 e. The minimum absolute atomic E-state index is 0.110. The van der Waals surface area contributed by atoms with Crippen molar-refractivity contribution in [2.75, 3.05) is 44.2 Å². The van der Waals surface area contributed by atoms with E-state index in [0.717, 1.165) is 90.7 Å². The second-order valence-corrected chi connectivity index (χ2v) is 11.5. The van der Waals surface area contributed by atoms with Gasteiger partial charge in [0, 0.05) is 53.0 Å². The fraction of sp³-hybridized carbons (Fsp3) is 0.333. The lowest BCUT2D eigenvalue weighted by molar-refractivity contribution is -0.137. The summed E-state index contributed by atoms with van der Waals surface area (Å²) >= 11 is 9.58. The molecule has 1 aromatic heterocycles. The van der Waals surface area contributed by atoms with Crippen molar-refractivity contribution in [3.63, 3.8) is 0 Å². The third-order valence-electron chi connectivity index (χ3n) is 7.80. The van der Waals surface area contributed by atoms with Crippen molar-refractivity contribution in [3.05, 3.63) is 88.1 Å². The number of carbonyl (C=O) groups excluding carboxylic acids is 1. The topological polar surface area (TPSA) is 44.6 Å². The number of fused-ring (bicyclic) bond motifs is 1. The first-order valence-electron chi connectivity index (χ1n) is 13.3. The van der Waals surface area contributed by atoms with Gasteiger partial charge in [0.05, 0.1) is 17.6 Å². The number of likely N-dealkylation sites (tertiary alicyclic amines) is 1. The van der Waals surface area contributed by atoms with E-state index >= 15 is 0 Å². The van der Waals surface area contributed by atoms with E-state index in [1.807, 2.05) is 18.2 Å². The van der Waals surface area contributed by atoms with Gasteiger partial charge < -0.3 is 9.80 Å². The van der Waals surface area contributed by atoms with Gasteiger partial charge in [-0.05, 0) is 86.6 Å². The highest BCUT2D eigenvalue weighted by molar-refractivity contribution is 9.10. The molecule has 4 aromatic rings. The molecule has 196 valence electrons. The fourth-order valence-corrected chi connectivity index (χ4v) is 6.08. The number of carbonyl (C=O) groups is 1. The quantitative estimate of drug-likeness (QED) is 0.285. The van der Waals surface area contributed by atoms with Gasteiger partial charge in [-0.3, -0.25) is 14.3 Å². The highest BCUT2D eigenvalue weighted by atomic mass is 79.9. The molecule has 0 atom stereocenters. The van der Waals surface area contributed by atoms with Crippen molar-refractivity contribution < 1.29 is 4.79 Å². The van der Waals surface area contributed by atoms with E-state index in [1.165, 1.54) is 5.69 Å². The van der Waals surface area contributed by atoms with E-state index in [4.69, 9.17) is 16.6 Å². The number of halogens is 2. The van der Waals surface area contributed by atoms with Gasteiger partial charge in [-0.1, -0.05) is 39.7 Å².